The first-order chi connectivity index (χ1) is 13.9. The van der Waals surface area contributed by atoms with E-state index in [2.05, 4.69) is 16.0 Å². The molecule has 0 radical (unpaired) electrons. The lowest BCUT2D eigenvalue weighted by molar-refractivity contribution is -0.136. The highest BCUT2D eigenvalue weighted by atomic mass is 32.1. The van der Waals surface area contributed by atoms with Gasteiger partial charge in [-0.25, -0.2) is 4.98 Å². The molecule has 7 nitrogen and oxygen atoms in total. The van der Waals surface area contributed by atoms with Crippen molar-refractivity contribution in [3.05, 3.63) is 34.7 Å². The molecule has 1 aliphatic heterocycles. The van der Waals surface area contributed by atoms with E-state index < -0.39 is 17.4 Å². The monoisotopic (exact) mass is 409 g/mol. The third-order valence-electron chi connectivity index (χ3n) is 5.98. The Balaban J connectivity index is 1.55. The summed E-state index contributed by atoms with van der Waals surface area (Å²) in [5.41, 5.74) is 7.60. The predicted molar refractivity (Wildman–Crippen MR) is 109 cm³/mol. The number of aromatic nitrogens is 2. The number of aryl methyl sites for hydroxylation is 1. The first-order valence-electron chi connectivity index (χ1n) is 9.87. The molecule has 150 valence electrons. The number of rotatable bonds is 5. The van der Waals surface area contributed by atoms with Crippen LogP contribution in [0, 0.1) is 18.3 Å². The van der Waals surface area contributed by atoms with Gasteiger partial charge in [-0.2, -0.15) is 5.26 Å². The number of amides is 2. The molecule has 2 aromatic rings. The number of nitrogens with zero attached hydrogens (tertiary/aromatic N) is 4. The average Bonchev–Trinajstić information content (AvgIpc) is 3.28. The molecule has 2 fully saturated rings. The van der Waals surface area contributed by atoms with Crippen LogP contribution in [0.2, 0.25) is 0 Å². The summed E-state index contributed by atoms with van der Waals surface area (Å²) in [4.78, 5) is 35.9. The molecule has 2 amide bonds. The molecule has 0 bridgehead atoms. The number of nitriles is 1. The normalized spacial score (nSPS) is 20.1. The van der Waals surface area contributed by atoms with Gasteiger partial charge in [-0.3, -0.25) is 14.6 Å². The second-order valence-corrected chi connectivity index (χ2v) is 8.91. The Labute approximate surface area is 173 Å². The van der Waals surface area contributed by atoms with Crippen molar-refractivity contribution in [3.8, 4) is 16.5 Å². The average molecular weight is 410 g/mol. The van der Waals surface area contributed by atoms with Crippen LogP contribution in [0.1, 0.15) is 48.5 Å². The van der Waals surface area contributed by atoms with E-state index in [0.29, 0.717) is 13.0 Å². The van der Waals surface area contributed by atoms with Crippen LogP contribution < -0.4 is 5.73 Å². The number of hydrogen-bond donors (Lipinski definition) is 1. The smallest absolute Gasteiger partial charge is 0.240 e. The number of pyridine rings is 1. The van der Waals surface area contributed by atoms with Crippen molar-refractivity contribution in [1.82, 2.24) is 14.9 Å². The molecule has 0 spiro atoms. The van der Waals surface area contributed by atoms with Crippen LogP contribution in [0.3, 0.4) is 0 Å². The zero-order valence-corrected chi connectivity index (χ0v) is 17.2. The lowest BCUT2D eigenvalue weighted by Gasteiger charge is -2.34. The first-order valence-corrected chi connectivity index (χ1v) is 10.7. The Morgan fingerprint density at radius 1 is 1.41 bits per heavy atom. The maximum Gasteiger partial charge on any atom is 0.240 e. The van der Waals surface area contributed by atoms with E-state index in [4.69, 9.17) is 5.73 Å². The van der Waals surface area contributed by atoms with Gasteiger partial charge in [-0.15, -0.1) is 11.3 Å². The number of carbonyl (C=O) groups excluding carboxylic acids is 2. The van der Waals surface area contributed by atoms with E-state index in [9.17, 15) is 14.9 Å². The number of hydrogen-bond acceptors (Lipinski definition) is 6. The summed E-state index contributed by atoms with van der Waals surface area (Å²) < 4.78 is 0. The third-order valence-corrected chi connectivity index (χ3v) is 7.18. The maximum absolute atomic E-state index is 12.7. The number of primary amides is 1. The highest BCUT2D eigenvalue weighted by Crippen LogP contribution is 2.43. The Morgan fingerprint density at radius 3 is 2.86 bits per heavy atom. The topological polar surface area (TPSA) is 113 Å². The summed E-state index contributed by atoms with van der Waals surface area (Å²) in [6.45, 7) is 2.49. The minimum atomic E-state index is -0.504. The van der Waals surface area contributed by atoms with Gasteiger partial charge in [-0.05, 0) is 56.7 Å². The first kappa shape index (κ1) is 19.5. The molecule has 1 saturated carbocycles. The van der Waals surface area contributed by atoms with Crippen molar-refractivity contribution >= 4 is 23.2 Å². The van der Waals surface area contributed by atoms with Crippen molar-refractivity contribution in [3.63, 3.8) is 0 Å². The number of nitrogens with two attached hydrogens (primary N) is 1. The molecule has 8 heteroatoms. The summed E-state index contributed by atoms with van der Waals surface area (Å²) in [5, 5.41) is 10.3. The van der Waals surface area contributed by atoms with E-state index in [-0.39, 0.29) is 12.3 Å². The number of carbonyl (C=O) groups is 2. The number of thiazole rings is 1. The highest BCUT2D eigenvalue weighted by molar-refractivity contribution is 7.15. The van der Waals surface area contributed by atoms with Crippen LogP contribution in [0.4, 0.5) is 0 Å². The quantitative estimate of drug-likeness (QED) is 0.815. The Morgan fingerprint density at radius 2 is 2.21 bits per heavy atom. The summed E-state index contributed by atoms with van der Waals surface area (Å²) in [6.07, 6.45) is 6.07. The van der Waals surface area contributed by atoms with Crippen molar-refractivity contribution in [1.29, 1.82) is 5.26 Å². The lowest BCUT2D eigenvalue weighted by atomic mass is 9.67. The highest BCUT2D eigenvalue weighted by Gasteiger charge is 2.40. The van der Waals surface area contributed by atoms with Gasteiger partial charge in [0.25, 0.3) is 0 Å². The van der Waals surface area contributed by atoms with Gasteiger partial charge in [0.1, 0.15) is 11.0 Å². The van der Waals surface area contributed by atoms with E-state index >= 15 is 0 Å². The summed E-state index contributed by atoms with van der Waals surface area (Å²) in [6, 6.07) is 5.84. The minimum absolute atomic E-state index is 0.111. The molecule has 1 saturated heterocycles. The van der Waals surface area contributed by atoms with Crippen molar-refractivity contribution in [2.24, 2.45) is 5.73 Å². The van der Waals surface area contributed by atoms with Gasteiger partial charge in [0.15, 0.2) is 0 Å². The van der Waals surface area contributed by atoms with Gasteiger partial charge in [0.05, 0.1) is 34.2 Å². The largest absolute Gasteiger partial charge is 0.368 e. The maximum atomic E-state index is 12.7. The second-order valence-electron chi connectivity index (χ2n) is 7.82. The van der Waals surface area contributed by atoms with Crippen molar-refractivity contribution in [2.75, 3.05) is 6.54 Å². The molecular formula is C21H23N5O2S. The standard InChI is InChI=1S/C21H23N5O2S/c1-13-19(14-5-8-24-16(10-14)21(12-22)6-3-7-21)29-17(25-13)11-18(27)26-9-2-4-15(26)20(23)28/h5,8,10,15H,2-4,6-7,9,11H2,1H3,(H2,23,28)/t15-/m0/s1. The Bertz CT molecular complexity index is 1000. The second kappa shape index (κ2) is 7.56. The molecule has 1 atom stereocenters. The molecular weight excluding hydrogens is 386 g/mol. The van der Waals surface area contributed by atoms with Crippen LogP contribution in [0.15, 0.2) is 18.3 Å². The fraction of sp³-hybridized carbons (Fsp3) is 0.476. The molecule has 3 heterocycles. The van der Waals surface area contributed by atoms with E-state index in [1.54, 1.807) is 11.1 Å². The van der Waals surface area contributed by atoms with Crippen molar-refractivity contribution in [2.45, 2.75) is 56.9 Å². The Hall–Kier alpha value is -2.79. The van der Waals surface area contributed by atoms with Crippen LogP contribution in [-0.4, -0.2) is 39.3 Å². The Kier molecular flexibility index (Phi) is 5.09. The molecule has 2 N–H and O–H groups in total. The molecule has 4 rings (SSSR count). The lowest BCUT2D eigenvalue weighted by Crippen LogP contribution is -2.44. The fourth-order valence-corrected chi connectivity index (χ4v) is 5.23. The number of likely N-dealkylation sites (tertiary alicyclic amines) is 1. The third kappa shape index (κ3) is 3.51. The van der Waals surface area contributed by atoms with Gasteiger partial charge in [0, 0.05) is 12.7 Å². The molecule has 2 aliphatic rings. The van der Waals surface area contributed by atoms with E-state index in [1.807, 2.05) is 19.1 Å². The van der Waals surface area contributed by atoms with E-state index in [1.165, 1.54) is 11.3 Å². The van der Waals surface area contributed by atoms with Crippen LogP contribution in [0.25, 0.3) is 10.4 Å². The van der Waals surface area contributed by atoms with Crippen LogP contribution in [-0.2, 0) is 21.4 Å². The molecule has 1 aliphatic carbocycles. The molecule has 29 heavy (non-hydrogen) atoms. The summed E-state index contributed by atoms with van der Waals surface area (Å²) >= 11 is 1.48. The zero-order valence-electron chi connectivity index (χ0n) is 16.4. The van der Waals surface area contributed by atoms with Gasteiger partial charge >= 0.3 is 0 Å². The molecule has 2 aromatic heterocycles. The SMILES string of the molecule is Cc1nc(CC(=O)N2CCC[C@H]2C(N)=O)sc1-c1ccnc(C2(C#N)CCC2)c1. The van der Waals surface area contributed by atoms with Gasteiger partial charge in [-0.1, -0.05) is 0 Å². The minimum Gasteiger partial charge on any atom is -0.368 e. The zero-order chi connectivity index (χ0) is 20.6. The van der Waals surface area contributed by atoms with Gasteiger partial charge < -0.3 is 10.6 Å². The van der Waals surface area contributed by atoms with Gasteiger partial charge in [0.2, 0.25) is 11.8 Å². The van der Waals surface area contributed by atoms with Crippen LogP contribution >= 0.6 is 11.3 Å². The van der Waals surface area contributed by atoms with Crippen LogP contribution in [0.5, 0.6) is 0 Å². The molecule has 0 unspecified atom stereocenters. The fourth-order valence-electron chi connectivity index (χ4n) is 4.18. The van der Waals surface area contributed by atoms with Crippen molar-refractivity contribution < 1.29 is 9.59 Å². The van der Waals surface area contributed by atoms with E-state index in [0.717, 1.165) is 52.5 Å². The summed E-state index contributed by atoms with van der Waals surface area (Å²) in [5.74, 6) is -0.557. The predicted octanol–water partition coefficient (Wildman–Crippen LogP) is 2.48. The molecule has 0 aromatic carbocycles. The summed E-state index contributed by atoms with van der Waals surface area (Å²) in [7, 11) is 0.